The first kappa shape index (κ1) is 12.5. The number of hydrogen-bond donors (Lipinski definition) is 0. The van der Waals surface area contributed by atoms with Crippen LogP contribution in [0.5, 0.6) is 0 Å². The van der Waals surface area contributed by atoms with E-state index in [1.165, 1.54) is 12.8 Å². The van der Waals surface area contributed by atoms with E-state index in [9.17, 15) is 0 Å². The van der Waals surface area contributed by atoms with Crippen LogP contribution in [0.3, 0.4) is 0 Å². The fourth-order valence-electron chi connectivity index (χ4n) is 0.871. The normalized spacial score (nSPS) is 11.9. The van der Waals surface area contributed by atoms with Crippen molar-refractivity contribution in [2.75, 3.05) is 0 Å². The van der Waals surface area contributed by atoms with Gasteiger partial charge < -0.3 is 4.43 Å². The standard InChI is InChI=1S/C11H22OSi/c1-5-6-7-8-9-10-11-12-13(2,3)4/h5,10-11H,1,6-9H2,2-4H3/b11-10+. The van der Waals surface area contributed by atoms with Crippen LogP contribution in [0.2, 0.25) is 19.6 Å². The van der Waals surface area contributed by atoms with Crippen molar-refractivity contribution >= 4 is 8.32 Å². The molecule has 0 unspecified atom stereocenters. The Morgan fingerprint density at radius 3 is 2.31 bits per heavy atom. The van der Waals surface area contributed by atoms with Gasteiger partial charge in [-0.3, -0.25) is 0 Å². The molecule has 0 heterocycles. The molecule has 0 saturated heterocycles. The third kappa shape index (κ3) is 11.5. The van der Waals surface area contributed by atoms with E-state index in [0.717, 1.165) is 12.8 Å². The highest BCUT2D eigenvalue weighted by atomic mass is 28.4. The van der Waals surface area contributed by atoms with Crippen LogP contribution in [0.25, 0.3) is 0 Å². The predicted molar refractivity (Wildman–Crippen MR) is 62.2 cm³/mol. The highest BCUT2D eigenvalue weighted by Gasteiger charge is 2.12. The zero-order valence-electron chi connectivity index (χ0n) is 9.18. The molecule has 0 atom stereocenters. The molecular formula is C11H22OSi. The number of hydrogen-bond acceptors (Lipinski definition) is 1. The molecule has 76 valence electrons. The lowest BCUT2D eigenvalue weighted by Crippen LogP contribution is -2.21. The van der Waals surface area contributed by atoms with Gasteiger partial charge in [0.15, 0.2) is 0 Å². The van der Waals surface area contributed by atoms with Crippen molar-refractivity contribution in [2.24, 2.45) is 0 Å². The molecule has 0 N–H and O–H groups in total. The minimum Gasteiger partial charge on any atom is -0.550 e. The summed E-state index contributed by atoms with van der Waals surface area (Å²) in [5.41, 5.74) is 0. The van der Waals surface area contributed by atoms with Gasteiger partial charge in [-0.2, -0.15) is 0 Å². The number of unbranched alkanes of at least 4 members (excludes halogenated alkanes) is 3. The van der Waals surface area contributed by atoms with Gasteiger partial charge in [-0.25, -0.2) is 0 Å². The number of allylic oxidation sites excluding steroid dienone is 2. The number of rotatable bonds is 7. The van der Waals surface area contributed by atoms with E-state index in [0.29, 0.717) is 0 Å². The van der Waals surface area contributed by atoms with Gasteiger partial charge in [0.2, 0.25) is 8.32 Å². The molecule has 0 aliphatic rings. The van der Waals surface area contributed by atoms with Gasteiger partial charge >= 0.3 is 0 Å². The maximum absolute atomic E-state index is 5.57. The van der Waals surface area contributed by atoms with Crippen LogP contribution in [0.15, 0.2) is 25.0 Å². The zero-order chi connectivity index (χ0) is 10.2. The maximum Gasteiger partial charge on any atom is 0.241 e. The highest BCUT2D eigenvalue weighted by molar-refractivity contribution is 6.69. The first-order valence-corrected chi connectivity index (χ1v) is 8.41. The first-order valence-electron chi connectivity index (χ1n) is 5.00. The summed E-state index contributed by atoms with van der Waals surface area (Å²) in [5, 5.41) is 0. The lowest BCUT2D eigenvalue weighted by molar-refractivity contribution is 0.476. The van der Waals surface area contributed by atoms with Crippen molar-refractivity contribution in [1.29, 1.82) is 0 Å². The van der Waals surface area contributed by atoms with Gasteiger partial charge in [0.1, 0.15) is 0 Å². The molecule has 0 aliphatic heterocycles. The molecule has 0 fully saturated rings. The second-order valence-corrected chi connectivity index (χ2v) is 8.64. The van der Waals surface area contributed by atoms with Crippen molar-refractivity contribution in [3.8, 4) is 0 Å². The SMILES string of the molecule is C=CCCCC/C=C/O[Si](C)(C)C. The van der Waals surface area contributed by atoms with Gasteiger partial charge in [-0.05, 0) is 45.3 Å². The Labute approximate surface area is 83.6 Å². The van der Waals surface area contributed by atoms with Gasteiger partial charge in [0.25, 0.3) is 0 Å². The van der Waals surface area contributed by atoms with Gasteiger partial charge in [0.05, 0.1) is 6.26 Å². The second kappa shape index (κ2) is 6.95. The van der Waals surface area contributed by atoms with E-state index >= 15 is 0 Å². The maximum atomic E-state index is 5.57. The Morgan fingerprint density at radius 1 is 1.15 bits per heavy atom. The molecule has 0 spiro atoms. The van der Waals surface area contributed by atoms with Crippen LogP contribution >= 0.6 is 0 Å². The van der Waals surface area contributed by atoms with Crippen molar-refractivity contribution in [2.45, 2.75) is 45.3 Å². The van der Waals surface area contributed by atoms with Gasteiger partial charge in [-0.15, -0.1) is 6.58 Å². The van der Waals surface area contributed by atoms with E-state index in [-0.39, 0.29) is 0 Å². The van der Waals surface area contributed by atoms with E-state index in [1.54, 1.807) is 0 Å². The quantitative estimate of drug-likeness (QED) is 0.259. The molecule has 0 rings (SSSR count). The molecule has 0 saturated carbocycles. The molecule has 0 aliphatic carbocycles. The lowest BCUT2D eigenvalue weighted by atomic mass is 10.2. The van der Waals surface area contributed by atoms with E-state index in [4.69, 9.17) is 4.43 Å². The first-order chi connectivity index (χ1) is 6.06. The predicted octanol–water partition coefficient (Wildman–Crippen LogP) is 4.10. The topological polar surface area (TPSA) is 9.23 Å². The average molecular weight is 198 g/mol. The minimum absolute atomic E-state index is 1.12. The van der Waals surface area contributed by atoms with E-state index in [1.807, 2.05) is 12.3 Å². The van der Waals surface area contributed by atoms with Crippen LogP contribution in [-0.2, 0) is 4.43 Å². The second-order valence-electron chi connectivity index (χ2n) is 4.18. The van der Waals surface area contributed by atoms with E-state index in [2.05, 4.69) is 32.3 Å². The Hall–Kier alpha value is -0.503. The third-order valence-corrected chi connectivity index (χ3v) is 2.39. The summed E-state index contributed by atoms with van der Waals surface area (Å²) in [7, 11) is -1.34. The van der Waals surface area contributed by atoms with Crippen molar-refractivity contribution in [3.63, 3.8) is 0 Å². The highest BCUT2D eigenvalue weighted by Crippen LogP contribution is 2.05. The molecule has 1 nitrogen and oxygen atoms in total. The average Bonchev–Trinajstić information content (AvgIpc) is 2.01. The van der Waals surface area contributed by atoms with Crippen LogP contribution in [0.1, 0.15) is 25.7 Å². The Kier molecular flexibility index (Phi) is 6.68. The third-order valence-electron chi connectivity index (χ3n) is 1.55. The Morgan fingerprint density at radius 2 is 1.77 bits per heavy atom. The molecule has 0 amide bonds. The summed E-state index contributed by atoms with van der Waals surface area (Å²) >= 11 is 0. The zero-order valence-corrected chi connectivity index (χ0v) is 10.2. The minimum atomic E-state index is -1.34. The fraction of sp³-hybridized carbons (Fsp3) is 0.636. The molecule has 0 aromatic carbocycles. The summed E-state index contributed by atoms with van der Waals surface area (Å²) in [6.45, 7) is 10.3. The van der Waals surface area contributed by atoms with Gasteiger partial charge in [-0.1, -0.05) is 12.2 Å². The fourth-order valence-corrected chi connectivity index (χ4v) is 1.38. The van der Waals surface area contributed by atoms with Crippen LogP contribution < -0.4 is 0 Å². The molecule has 0 bridgehead atoms. The molecular weight excluding hydrogens is 176 g/mol. The van der Waals surface area contributed by atoms with Crippen molar-refractivity contribution < 1.29 is 4.43 Å². The molecule has 0 aromatic heterocycles. The summed E-state index contributed by atoms with van der Waals surface area (Å²) in [6.07, 6.45) is 10.7. The van der Waals surface area contributed by atoms with Crippen LogP contribution in [-0.4, -0.2) is 8.32 Å². The Balaban J connectivity index is 3.27. The molecule has 2 heteroatoms. The van der Waals surface area contributed by atoms with Gasteiger partial charge in [0, 0.05) is 0 Å². The summed E-state index contributed by atoms with van der Waals surface area (Å²) in [6, 6.07) is 0. The lowest BCUT2D eigenvalue weighted by Gasteiger charge is -2.14. The van der Waals surface area contributed by atoms with Crippen molar-refractivity contribution in [1.82, 2.24) is 0 Å². The van der Waals surface area contributed by atoms with E-state index < -0.39 is 8.32 Å². The molecule has 13 heavy (non-hydrogen) atoms. The summed E-state index contributed by atoms with van der Waals surface area (Å²) in [5.74, 6) is 0. The molecule has 0 aromatic rings. The largest absolute Gasteiger partial charge is 0.550 e. The molecule has 0 radical (unpaired) electrons. The van der Waals surface area contributed by atoms with Crippen LogP contribution in [0, 0.1) is 0 Å². The Bertz CT molecular complexity index is 156. The van der Waals surface area contributed by atoms with Crippen LogP contribution in [0.4, 0.5) is 0 Å². The summed E-state index contributed by atoms with van der Waals surface area (Å²) < 4.78 is 5.57. The monoisotopic (exact) mass is 198 g/mol. The summed E-state index contributed by atoms with van der Waals surface area (Å²) in [4.78, 5) is 0. The van der Waals surface area contributed by atoms with Crippen molar-refractivity contribution in [3.05, 3.63) is 25.0 Å². The smallest absolute Gasteiger partial charge is 0.241 e.